The third-order valence-corrected chi connectivity index (χ3v) is 8.36. The number of nitrogens with zero attached hydrogens (tertiary/aromatic N) is 4. The maximum Gasteiger partial charge on any atom is 0.0936 e. The second kappa shape index (κ2) is 10.4. The maximum absolute atomic E-state index is 4.84. The van der Waals surface area contributed by atoms with E-state index < -0.39 is 5.16 Å². The lowest BCUT2D eigenvalue weighted by atomic mass is 9.67. The molecule has 37 heavy (non-hydrogen) atoms. The minimum atomic E-state index is -0.719. The van der Waals surface area contributed by atoms with Crippen molar-refractivity contribution in [2.24, 2.45) is 11.3 Å². The molecule has 0 saturated heterocycles. The van der Waals surface area contributed by atoms with Crippen LogP contribution in [0.15, 0.2) is 109 Å². The Morgan fingerprint density at radius 2 is 1.24 bits per heavy atom. The molecule has 1 aliphatic carbocycles. The van der Waals surface area contributed by atoms with Crippen LogP contribution in [0.3, 0.4) is 0 Å². The first-order valence-electron chi connectivity index (χ1n) is 12.5. The number of allylic oxidation sites excluding steroid dienone is 4. The van der Waals surface area contributed by atoms with Gasteiger partial charge in [0, 0.05) is 30.7 Å². The van der Waals surface area contributed by atoms with E-state index in [1.54, 1.807) is 24.8 Å². The number of hydrogen-bond donors (Lipinski definition) is 0. The van der Waals surface area contributed by atoms with Gasteiger partial charge in [0.05, 0.1) is 28.9 Å². The van der Waals surface area contributed by atoms with Gasteiger partial charge in [-0.25, -0.2) is 0 Å². The summed E-state index contributed by atoms with van der Waals surface area (Å²) < 4.78 is 0. The van der Waals surface area contributed by atoms with Crippen molar-refractivity contribution >= 4 is 29.6 Å². The van der Waals surface area contributed by atoms with E-state index in [0.717, 1.165) is 17.5 Å². The Kier molecular flexibility index (Phi) is 7.17. The molecule has 0 amide bonds. The molecule has 3 atom stereocenters. The molecular weight excluding hydrogens is 490 g/mol. The lowest BCUT2D eigenvalue weighted by Crippen LogP contribution is -2.35. The van der Waals surface area contributed by atoms with Gasteiger partial charge in [-0.1, -0.05) is 81.4 Å². The first-order valence-corrected chi connectivity index (χ1v) is 13.9. The Labute approximate surface area is 224 Å². The minimum Gasteiger partial charge on any atom is -0.261 e. The number of hydrogen-bond acceptors (Lipinski definition) is 4. The molecule has 6 heteroatoms. The zero-order valence-corrected chi connectivity index (χ0v) is 23.8. The molecule has 2 aromatic heterocycles. The van der Waals surface area contributed by atoms with Crippen LogP contribution < -0.4 is 0 Å². The van der Waals surface area contributed by atoms with E-state index in [9.17, 15) is 0 Å². The van der Waals surface area contributed by atoms with Crippen LogP contribution in [-0.2, 0) is 5.16 Å². The Bertz CT molecular complexity index is 1390. The largest absolute Gasteiger partial charge is 0.261 e. The summed E-state index contributed by atoms with van der Waals surface area (Å²) in [5, 5.41) is -0.719. The van der Waals surface area contributed by atoms with E-state index in [1.165, 1.54) is 33.4 Å². The summed E-state index contributed by atoms with van der Waals surface area (Å²) in [5.74, 6) is 0.0853. The molecule has 4 nitrogen and oxygen atoms in total. The third kappa shape index (κ3) is 4.58. The fourth-order valence-electron chi connectivity index (χ4n) is 5.58. The van der Waals surface area contributed by atoms with Gasteiger partial charge in [-0.3, -0.25) is 19.9 Å². The Morgan fingerprint density at radius 1 is 0.730 bits per heavy atom. The van der Waals surface area contributed by atoms with Crippen molar-refractivity contribution in [1.29, 1.82) is 0 Å². The molecule has 2 aromatic carbocycles. The molecule has 0 bridgehead atoms. The van der Waals surface area contributed by atoms with Gasteiger partial charge in [-0.05, 0) is 45.0 Å². The summed E-state index contributed by atoms with van der Waals surface area (Å²) in [6, 6.07) is 21.6. The molecule has 1 aliphatic rings. The predicted molar refractivity (Wildman–Crippen MR) is 159 cm³/mol. The van der Waals surface area contributed by atoms with Crippen molar-refractivity contribution in [2.75, 3.05) is 6.16 Å². The van der Waals surface area contributed by atoms with Crippen molar-refractivity contribution < 1.29 is 0 Å². The monoisotopic (exact) mass is 522 g/mol. The number of aromatic nitrogens is 4. The molecule has 0 fully saturated rings. The van der Waals surface area contributed by atoms with Crippen LogP contribution in [0, 0.1) is 11.3 Å². The Balaban J connectivity index is 1.92. The van der Waals surface area contributed by atoms with E-state index >= 15 is 0 Å². The quantitative estimate of drug-likeness (QED) is 0.260. The van der Waals surface area contributed by atoms with Gasteiger partial charge in [0.15, 0.2) is 0 Å². The minimum absolute atomic E-state index is 0.0853. The van der Waals surface area contributed by atoms with Crippen LogP contribution in [-0.4, -0.2) is 26.1 Å². The molecule has 0 saturated carbocycles. The topological polar surface area (TPSA) is 51.6 Å². The summed E-state index contributed by atoms with van der Waals surface area (Å²) in [5.41, 5.74) is 9.22. The van der Waals surface area contributed by atoms with Gasteiger partial charge in [0.1, 0.15) is 0 Å². The second-order valence-electron chi connectivity index (χ2n) is 10.4. The van der Waals surface area contributed by atoms with Crippen LogP contribution in [0.25, 0.3) is 11.1 Å². The van der Waals surface area contributed by atoms with Crippen LogP contribution in [0.5, 0.6) is 0 Å². The zero-order chi connectivity index (χ0) is 26.0. The van der Waals surface area contributed by atoms with Gasteiger partial charge in [-0.2, -0.15) is 0 Å². The van der Waals surface area contributed by atoms with Gasteiger partial charge in [-0.15, -0.1) is 18.5 Å². The first kappa shape index (κ1) is 25.6. The molecule has 0 spiro atoms. The molecule has 0 aliphatic heterocycles. The van der Waals surface area contributed by atoms with E-state index in [-0.39, 0.29) is 11.3 Å². The summed E-state index contributed by atoms with van der Waals surface area (Å²) in [6.07, 6.45) is 11.5. The molecule has 5 rings (SSSR count). The zero-order valence-electron chi connectivity index (χ0n) is 21.5. The Hall–Kier alpha value is -3.06. The Morgan fingerprint density at radius 3 is 1.68 bits per heavy atom. The molecule has 0 N–H and O–H groups in total. The smallest absolute Gasteiger partial charge is 0.0936 e. The van der Waals surface area contributed by atoms with Gasteiger partial charge < -0.3 is 0 Å². The highest BCUT2D eigenvalue weighted by Crippen LogP contribution is 2.61. The van der Waals surface area contributed by atoms with Crippen LogP contribution in [0.2, 0.25) is 0 Å². The fourth-order valence-corrected chi connectivity index (χ4v) is 6.64. The van der Waals surface area contributed by atoms with Crippen LogP contribution >= 0.6 is 18.5 Å². The summed E-state index contributed by atoms with van der Waals surface area (Å²) in [6.45, 7) is 6.98. The third-order valence-electron chi connectivity index (χ3n) is 7.05. The van der Waals surface area contributed by atoms with E-state index in [4.69, 9.17) is 9.97 Å². The summed E-state index contributed by atoms with van der Waals surface area (Å²) >= 11 is 0. The highest BCUT2D eigenvalue weighted by Gasteiger charge is 2.50. The molecule has 0 radical (unpaired) electrons. The van der Waals surface area contributed by atoms with Crippen LogP contribution in [0.1, 0.15) is 43.3 Å². The van der Waals surface area contributed by atoms with Crippen LogP contribution in [0.4, 0.5) is 0 Å². The summed E-state index contributed by atoms with van der Waals surface area (Å²) in [7, 11) is 6.12. The molecule has 3 unspecified atom stereocenters. The number of benzene rings is 2. The number of rotatable bonds is 6. The van der Waals surface area contributed by atoms with Gasteiger partial charge >= 0.3 is 0 Å². The van der Waals surface area contributed by atoms with Crippen molar-refractivity contribution in [3.63, 3.8) is 0 Å². The SMILES string of the molecule is CC(C)(C)C1C(c2ccccc2)=C(c2ccccc2)C(CP)=C1C(P)(c1cnccn1)c1cnccn1. The lowest BCUT2D eigenvalue weighted by molar-refractivity contribution is 0.329. The molecular formula is C31H32N4P2. The second-order valence-corrected chi connectivity index (χ2v) is 11.7. The maximum atomic E-state index is 4.84. The van der Waals surface area contributed by atoms with Crippen molar-refractivity contribution in [3.05, 3.63) is 132 Å². The highest BCUT2D eigenvalue weighted by atomic mass is 31.0. The highest BCUT2D eigenvalue weighted by molar-refractivity contribution is 7.19. The standard InChI is InChI=1S/C31H32N4P2/c1-30(2,3)29-27(22-12-8-5-9-13-22)26(21-10-6-4-7-11-21)23(20-36)28(29)31(37,24-18-32-14-16-34-24)25-19-33-15-17-35-25/h4-19,29H,20,36-37H2,1-3H3. The van der Waals surface area contributed by atoms with Gasteiger partial charge in [0.25, 0.3) is 0 Å². The molecule has 2 heterocycles. The van der Waals surface area contributed by atoms with Gasteiger partial charge in [0.2, 0.25) is 0 Å². The summed E-state index contributed by atoms with van der Waals surface area (Å²) in [4.78, 5) is 18.6. The van der Waals surface area contributed by atoms with Crippen molar-refractivity contribution in [1.82, 2.24) is 19.9 Å². The lowest BCUT2D eigenvalue weighted by Gasteiger charge is -2.41. The first-order chi connectivity index (χ1) is 17.9. The van der Waals surface area contributed by atoms with Crippen molar-refractivity contribution in [3.8, 4) is 0 Å². The average Bonchev–Trinajstić information content (AvgIpc) is 3.31. The van der Waals surface area contributed by atoms with E-state index in [0.29, 0.717) is 0 Å². The average molecular weight is 523 g/mol. The van der Waals surface area contributed by atoms with Crippen molar-refractivity contribution in [2.45, 2.75) is 25.9 Å². The normalized spacial score (nSPS) is 16.4. The molecule has 4 aromatic rings. The fraction of sp³-hybridized carbons (Fsp3) is 0.226. The van der Waals surface area contributed by atoms with E-state index in [2.05, 4.69) is 110 Å². The molecule has 186 valence electrons. The predicted octanol–water partition coefficient (Wildman–Crippen LogP) is 6.84. The van der Waals surface area contributed by atoms with E-state index in [1.807, 2.05) is 12.4 Å².